The SMILES string of the molecule is CCC(CN)NC(=O)CSC(C)(C)C. The number of hydrogen-bond donors (Lipinski definition) is 2. The van der Waals surface area contributed by atoms with E-state index < -0.39 is 0 Å². The lowest BCUT2D eigenvalue weighted by Crippen LogP contribution is -2.40. The van der Waals surface area contributed by atoms with Gasteiger partial charge in [0, 0.05) is 17.3 Å². The minimum absolute atomic E-state index is 0.0854. The molecule has 1 amide bonds. The van der Waals surface area contributed by atoms with Crippen LogP contribution in [0.3, 0.4) is 0 Å². The molecule has 0 aromatic carbocycles. The Kier molecular flexibility index (Phi) is 6.20. The first-order chi connectivity index (χ1) is 6.39. The van der Waals surface area contributed by atoms with Crippen LogP contribution in [0.25, 0.3) is 0 Å². The summed E-state index contributed by atoms with van der Waals surface area (Å²) in [6.07, 6.45) is 0.891. The van der Waals surface area contributed by atoms with Crippen LogP contribution in [0.1, 0.15) is 34.1 Å². The lowest BCUT2D eigenvalue weighted by Gasteiger charge is -2.19. The smallest absolute Gasteiger partial charge is 0.230 e. The van der Waals surface area contributed by atoms with Crippen molar-refractivity contribution in [2.45, 2.75) is 44.9 Å². The summed E-state index contributed by atoms with van der Waals surface area (Å²) in [6, 6.07) is 0.128. The number of carbonyl (C=O) groups excluding carboxylic acids is 1. The van der Waals surface area contributed by atoms with Crippen molar-refractivity contribution < 1.29 is 4.79 Å². The summed E-state index contributed by atoms with van der Waals surface area (Å²) >= 11 is 1.65. The van der Waals surface area contributed by atoms with Crippen molar-refractivity contribution in [2.75, 3.05) is 12.3 Å². The van der Waals surface area contributed by atoms with Gasteiger partial charge in [-0.3, -0.25) is 4.79 Å². The van der Waals surface area contributed by atoms with Crippen molar-refractivity contribution in [3.8, 4) is 0 Å². The largest absolute Gasteiger partial charge is 0.351 e. The van der Waals surface area contributed by atoms with E-state index in [9.17, 15) is 4.79 Å². The third kappa shape index (κ3) is 7.21. The summed E-state index contributed by atoms with van der Waals surface area (Å²) in [5, 5.41) is 2.90. The van der Waals surface area contributed by atoms with Crippen LogP contribution in [-0.2, 0) is 4.79 Å². The van der Waals surface area contributed by atoms with Crippen LogP contribution < -0.4 is 11.1 Å². The van der Waals surface area contributed by atoms with E-state index in [-0.39, 0.29) is 16.7 Å². The Bertz CT molecular complexity index is 173. The molecule has 0 saturated heterocycles. The van der Waals surface area contributed by atoms with E-state index in [0.29, 0.717) is 12.3 Å². The molecule has 0 bridgehead atoms. The van der Waals surface area contributed by atoms with Crippen LogP contribution >= 0.6 is 11.8 Å². The maximum Gasteiger partial charge on any atom is 0.230 e. The first-order valence-corrected chi connectivity index (χ1v) is 6.01. The summed E-state index contributed by atoms with van der Waals surface area (Å²) in [4.78, 5) is 11.4. The second-order valence-electron chi connectivity index (χ2n) is 4.31. The molecule has 0 radical (unpaired) electrons. The summed E-state index contributed by atoms with van der Waals surface area (Å²) in [6.45, 7) is 8.85. The molecule has 3 nitrogen and oxygen atoms in total. The molecular weight excluding hydrogens is 196 g/mol. The number of nitrogens with one attached hydrogen (secondary N) is 1. The van der Waals surface area contributed by atoms with Gasteiger partial charge in [-0.1, -0.05) is 27.7 Å². The van der Waals surface area contributed by atoms with E-state index in [1.165, 1.54) is 0 Å². The predicted molar refractivity (Wildman–Crippen MR) is 63.5 cm³/mol. The third-order valence-corrected chi connectivity index (χ3v) is 3.05. The summed E-state index contributed by atoms with van der Waals surface area (Å²) in [5.74, 6) is 0.599. The molecule has 0 aliphatic rings. The molecule has 4 heteroatoms. The molecule has 0 rings (SSSR count). The Balaban J connectivity index is 3.75. The van der Waals surface area contributed by atoms with Gasteiger partial charge in [0.25, 0.3) is 0 Å². The van der Waals surface area contributed by atoms with E-state index >= 15 is 0 Å². The number of amides is 1. The van der Waals surface area contributed by atoms with Crippen molar-refractivity contribution in [3.63, 3.8) is 0 Å². The molecule has 0 saturated carbocycles. The quantitative estimate of drug-likeness (QED) is 0.733. The van der Waals surface area contributed by atoms with Crippen LogP contribution in [0.15, 0.2) is 0 Å². The lowest BCUT2D eigenvalue weighted by atomic mass is 10.2. The highest BCUT2D eigenvalue weighted by Gasteiger charge is 2.14. The van der Waals surface area contributed by atoms with Crippen molar-refractivity contribution in [3.05, 3.63) is 0 Å². The molecule has 84 valence electrons. The molecule has 0 aromatic heterocycles. The average Bonchev–Trinajstić information content (AvgIpc) is 2.09. The Labute approximate surface area is 91.2 Å². The summed E-state index contributed by atoms with van der Waals surface area (Å²) in [5.41, 5.74) is 5.49. The maximum atomic E-state index is 11.4. The monoisotopic (exact) mass is 218 g/mol. The van der Waals surface area contributed by atoms with Gasteiger partial charge in [0.1, 0.15) is 0 Å². The molecule has 0 fully saturated rings. The number of rotatable bonds is 5. The fourth-order valence-corrected chi connectivity index (χ4v) is 1.53. The van der Waals surface area contributed by atoms with Gasteiger partial charge in [-0.25, -0.2) is 0 Å². The first-order valence-electron chi connectivity index (χ1n) is 5.02. The van der Waals surface area contributed by atoms with E-state index in [1.54, 1.807) is 11.8 Å². The summed E-state index contributed by atoms with van der Waals surface area (Å²) < 4.78 is 0.141. The van der Waals surface area contributed by atoms with Crippen LogP contribution in [0, 0.1) is 0 Å². The van der Waals surface area contributed by atoms with Crippen molar-refractivity contribution in [1.29, 1.82) is 0 Å². The highest BCUT2D eigenvalue weighted by molar-refractivity contribution is 8.01. The number of thioether (sulfide) groups is 1. The topological polar surface area (TPSA) is 55.1 Å². The van der Waals surface area contributed by atoms with Gasteiger partial charge >= 0.3 is 0 Å². The fraction of sp³-hybridized carbons (Fsp3) is 0.900. The maximum absolute atomic E-state index is 11.4. The van der Waals surface area contributed by atoms with Crippen molar-refractivity contribution >= 4 is 17.7 Å². The zero-order chi connectivity index (χ0) is 11.2. The highest BCUT2D eigenvalue weighted by atomic mass is 32.2. The normalized spacial score (nSPS) is 13.8. The number of hydrogen-bond acceptors (Lipinski definition) is 3. The lowest BCUT2D eigenvalue weighted by molar-refractivity contribution is -0.119. The van der Waals surface area contributed by atoms with E-state index in [1.807, 2.05) is 6.92 Å². The Morgan fingerprint density at radius 2 is 2.07 bits per heavy atom. The Morgan fingerprint density at radius 3 is 2.43 bits per heavy atom. The van der Waals surface area contributed by atoms with Gasteiger partial charge in [-0.05, 0) is 6.42 Å². The predicted octanol–water partition coefficient (Wildman–Crippen LogP) is 1.37. The molecule has 1 atom stereocenters. The van der Waals surface area contributed by atoms with Gasteiger partial charge in [-0.2, -0.15) is 0 Å². The number of nitrogens with two attached hydrogens (primary N) is 1. The molecule has 0 aliphatic heterocycles. The molecule has 0 aromatic rings. The number of carbonyl (C=O) groups is 1. The molecule has 14 heavy (non-hydrogen) atoms. The van der Waals surface area contributed by atoms with Crippen LogP contribution in [0.2, 0.25) is 0 Å². The van der Waals surface area contributed by atoms with E-state index in [4.69, 9.17) is 5.73 Å². The van der Waals surface area contributed by atoms with Gasteiger partial charge in [0.15, 0.2) is 0 Å². The van der Waals surface area contributed by atoms with Crippen molar-refractivity contribution in [1.82, 2.24) is 5.32 Å². The second kappa shape index (κ2) is 6.30. The molecule has 0 aliphatic carbocycles. The summed E-state index contributed by atoms with van der Waals surface area (Å²) in [7, 11) is 0. The Morgan fingerprint density at radius 1 is 1.50 bits per heavy atom. The second-order valence-corrected chi connectivity index (χ2v) is 6.11. The zero-order valence-corrected chi connectivity index (χ0v) is 10.4. The molecule has 0 heterocycles. The first kappa shape index (κ1) is 13.8. The zero-order valence-electron chi connectivity index (χ0n) is 9.59. The highest BCUT2D eigenvalue weighted by Crippen LogP contribution is 2.22. The standard InChI is InChI=1S/C10H22N2OS/c1-5-8(6-11)12-9(13)7-14-10(2,3)4/h8H,5-7,11H2,1-4H3,(H,12,13). The minimum atomic E-state index is 0.0854. The molecule has 1 unspecified atom stereocenters. The van der Waals surface area contributed by atoms with E-state index in [2.05, 4.69) is 26.1 Å². The van der Waals surface area contributed by atoms with Gasteiger partial charge in [0.05, 0.1) is 5.75 Å². The van der Waals surface area contributed by atoms with Crippen LogP contribution in [0.4, 0.5) is 0 Å². The van der Waals surface area contributed by atoms with Gasteiger partial charge < -0.3 is 11.1 Å². The van der Waals surface area contributed by atoms with Gasteiger partial charge in [-0.15, -0.1) is 11.8 Å². The third-order valence-electron chi connectivity index (χ3n) is 1.78. The van der Waals surface area contributed by atoms with Gasteiger partial charge in [0.2, 0.25) is 5.91 Å². The average molecular weight is 218 g/mol. The van der Waals surface area contributed by atoms with Crippen LogP contribution in [-0.4, -0.2) is 29.0 Å². The molecule has 0 spiro atoms. The molecule has 3 N–H and O–H groups in total. The fourth-order valence-electron chi connectivity index (χ4n) is 0.879. The molecular formula is C10H22N2OS. The van der Waals surface area contributed by atoms with Crippen molar-refractivity contribution in [2.24, 2.45) is 5.73 Å². The van der Waals surface area contributed by atoms with Crippen LogP contribution in [0.5, 0.6) is 0 Å². The Hall–Kier alpha value is -0.220. The minimum Gasteiger partial charge on any atom is -0.351 e. The van der Waals surface area contributed by atoms with E-state index in [0.717, 1.165) is 6.42 Å².